The molecule has 3 aliphatic heterocycles. The van der Waals surface area contributed by atoms with Gasteiger partial charge in [0, 0.05) is 50.1 Å². The normalized spacial score (nSPS) is 12.8. The van der Waals surface area contributed by atoms with Gasteiger partial charge in [0.05, 0.1) is 0 Å². The molecule has 9 nitrogen and oxygen atoms in total. The highest BCUT2D eigenvalue weighted by atomic mass is 28.3. The van der Waals surface area contributed by atoms with Gasteiger partial charge in [-0.1, -0.05) is 493 Å². The highest BCUT2D eigenvalue weighted by Crippen LogP contribution is 2.42. The highest BCUT2D eigenvalue weighted by Gasteiger charge is 2.51. The zero-order chi connectivity index (χ0) is 93.4. The van der Waals surface area contributed by atoms with Gasteiger partial charge >= 0.3 is 0 Å². The molecule has 6 heterocycles. The Hall–Kier alpha value is -17.1. The van der Waals surface area contributed by atoms with Gasteiger partial charge in [0.25, 0.3) is 0 Å². The van der Waals surface area contributed by atoms with Gasteiger partial charge in [-0.15, -0.1) is 0 Å². The molecule has 0 unspecified atom stereocenters. The topological polar surface area (TPSA) is 116 Å². The Labute approximate surface area is 813 Å². The fourth-order valence-corrected chi connectivity index (χ4v) is 32.2. The molecule has 0 atom stereocenters. The summed E-state index contributed by atoms with van der Waals surface area (Å²) in [4.78, 5) is 46.2. The summed E-state index contributed by atoms with van der Waals surface area (Å²) in [7, 11) is -6.67. The maximum Gasteiger partial charge on any atom is 0.181 e. The zero-order valence-corrected chi connectivity index (χ0v) is 80.3. The average molecular weight is 1830 g/mol. The lowest BCUT2D eigenvalue weighted by atomic mass is 9.96. The number of hydrogen-bond acceptors (Lipinski definition) is 9. The van der Waals surface area contributed by atoms with Crippen LogP contribution in [0, 0.1) is 0 Å². The minimum absolute atomic E-state index is 0.654. The molecule has 12 heteroatoms. The monoisotopic (exact) mass is 1830 g/mol. The standard InChI is InChI=1S/C45H31N3Si.2C41H31N3Si/c1-5-17-32(18-6-1)34-21-15-22-35(31-34)44-46-43(33-19-7-2-8-20-33)47-45(48-44)40-29-16-28-39-38-27-13-14-30-41(38)49(42(39)40,36-23-9-3-10-24-36)37-25-11-4-12-26-37;1-45(2)36-23-13-22-35(38(36)34-25-24-32(27-37(34)45)29-16-8-4-9-17-29)41-43-39(30-18-10-5-11-19-30)42-40(44-41)33-21-12-20-31(26-33)28-14-6-3-7-15-28;1-45(2)37-24-22-34(26-36(37)35-23-21-32(27-38(35)45)29-15-8-4-9-16-29)41-43-39(30-17-10-5-11-18-30)42-40(44-41)33-20-12-19-31(25-33)28-13-6-3-7-14-28/h1-31H;2*3-27H,1-2H3. The molecule has 0 saturated carbocycles. The second-order valence-electron chi connectivity index (χ2n) is 36.6. The fraction of sp³-hybridized carbons (Fsp3) is 0.0315. The number of rotatable bonds is 16. The molecule has 0 bridgehead atoms. The second-order valence-corrected chi connectivity index (χ2v) is 49.0. The number of aromatic nitrogens is 9. The summed E-state index contributed by atoms with van der Waals surface area (Å²) in [5.74, 6) is 6.06. The first-order chi connectivity index (χ1) is 68.4. The van der Waals surface area contributed by atoms with Crippen molar-refractivity contribution < 1.29 is 0 Å². The molecule has 0 radical (unpaired) electrons. The van der Waals surface area contributed by atoms with Crippen molar-refractivity contribution >= 4 is 65.7 Å². The Morgan fingerprint density at radius 2 is 0.388 bits per heavy atom. The van der Waals surface area contributed by atoms with Gasteiger partial charge in [-0.05, 0) is 155 Å². The molecule has 22 aromatic rings. The Balaban J connectivity index is 0.000000117. The van der Waals surface area contributed by atoms with Crippen LogP contribution in [0.5, 0.6) is 0 Å². The number of nitrogens with zero attached hydrogens (tertiary/aromatic N) is 9. The fourth-order valence-electron chi connectivity index (χ4n) is 20.6. The van der Waals surface area contributed by atoms with Crippen molar-refractivity contribution in [2.45, 2.75) is 26.2 Å². The van der Waals surface area contributed by atoms with Gasteiger partial charge in [0.1, 0.15) is 16.1 Å². The first-order valence-corrected chi connectivity index (χ1v) is 55.4. The third-order valence-corrected chi connectivity index (χ3v) is 39.5. The highest BCUT2D eigenvalue weighted by molar-refractivity contribution is 7.22. The van der Waals surface area contributed by atoms with Crippen molar-refractivity contribution in [3.8, 4) is 192 Å². The van der Waals surface area contributed by atoms with Crippen molar-refractivity contribution in [2.75, 3.05) is 0 Å². The lowest BCUT2D eigenvalue weighted by Crippen LogP contribution is -2.73. The first kappa shape index (κ1) is 86.0. The van der Waals surface area contributed by atoms with Gasteiger partial charge in [0.15, 0.2) is 60.5 Å². The predicted octanol–water partition coefficient (Wildman–Crippen LogP) is 25.9. The molecular formula is C127H93N9Si3. The predicted molar refractivity (Wildman–Crippen MR) is 583 cm³/mol. The molecular weight excluding hydrogens is 1740 g/mol. The van der Waals surface area contributed by atoms with Crippen LogP contribution < -0.4 is 41.5 Å². The molecule has 0 amide bonds. The van der Waals surface area contributed by atoms with E-state index in [4.69, 9.17) is 44.9 Å². The molecule has 0 fully saturated rings. The van der Waals surface area contributed by atoms with Gasteiger partial charge < -0.3 is 0 Å². The van der Waals surface area contributed by atoms with Crippen molar-refractivity contribution in [2.24, 2.45) is 0 Å². The summed E-state index contributed by atoms with van der Waals surface area (Å²) < 4.78 is 0. The van der Waals surface area contributed by atoms with Crippen LogP contribution in [0.1, 0.15) is 0 Å². The summed E-state index contributed by atoms with van der Waals surface area (Å²) in [5.41, 5.74) is 28.5. The second kappa shape index (κ2) is 36.9. The lowest BCUT2D eigenvalue weighted by Gasteiger charge is -2.32. The van der Waals surface area contributed by atoms with Crippen LogP contribution in [0.2, 0.25) is 26.2 Å². The number of benzene rings is 19. The van der Waals surface area contributed by atoms with Gasteiger partial charge in [-0.25, -0.2) is 44.9 Å². The van der Waals surface area contributed by atoms with E-state index in [0.29, 0.717) is 52.4 Å². The summed E-state index contributed by atoms with van der Waals surface area (Å²) in [6.45, 7) is 9.83. The van der Waals surface area contributed by atoms with E-state index >= 15 is 0 Å². The minimum atomic E-state index is -2.80. The van der Waals surface area contributed by atoms with E-state index in [0.717, 1.165) is 83.5 Å². The third-order valence-electron chi connectivity index (χ3n) is 27.5. The number of fused-ring (bicyclic) bond motifs is 9. The quantitative estimate of drug-likeness (QED) is 0.0872. The Morgan fingerprint density at radius 3 is 0.799 bits per heavy atom. The van der Waals surface area contributed by atoms with Crippen LogP contribution in [0.25, 0.3) is 192 Å². The van der Waals surface area contributed by atoms with Crippen LogP contribution in [0.3, 0.4) is 0 Å². The Bertz CT molecular complexity index is 8290. The molecule has 25 rings (SSSR count). The average Bonchev–Trinajstić information content (AvgIpc) is 1.53. The third kappa shape index (κ3) is 16.4. The maximum atomic E-state index is 5.33. The van der Waals surface area contributed by atoms with E-state index in [2.05, 4.69) is 445 Å². The smallest absolute Gasteiger partial charge is 0.181 e. The molecule has 0 spiro atoms. The summed E-state index contributed by atoms with van der Waals surface area (Å²) in [5, 5.41) is 11.2. The Kier molecular flexibility index (Phi) is 22.8. The lowest BCUT2D eigenvalue weighted by molar-refractivity contribution is 1.07. The van der Waals surface area contributed by atoms with Gasteiger partial charge in [-0.3, -0.25) is 0 Å². The zero-order valence-electron chi connectivity index (χ0n) is 77.3. The van der Waals surface area contributed by atoms with Crippen molar-refractivity contribution in [3.63, 3.8) is 0 Å². The van der Waals surface area contributed by atoms with Crippen LogP contribution in [-0.2, 0) is 0 Å². The molecule has 0 N–H and O–H groups in total. The van der Waals surface area contributed by atoms with Crippen molar-refractivity contribution in [3.05, 3.63) is 491 Å². The van der Waals surface area contributed by atoms with E-state index in [1.165, 1.54) is 97.1 Å². The molecule has 0 saturated heterocycles. The molecule has 139 heavy (non-hydrogen) atoms. The van der Waals surface area contributed by atoms with E-state index in [-0.39, 0.29) is 0 Å². The van der Waals surface area contributed by atoms with E-state index in [1.54, 1.807) is 0 Å². The largest absolute Gasteiger partial charge is 0.208 e. The summed E-state index contributed by atoms with van der Waals surface area (Å²) in [6.07, 6.45) is 0. The molecule has 658 valence electrons. The van der Waals surface area contributed by atoms with E-state index in [1.807, 2.05) is 72.8 Å². The molecule has 3 aliphatic rings. The first-order valence-electron chi connectivity index (χ1n) is 47.4. The van der Waals surface area contributed by atoms with Gasteiger partial charge in [-0.2, -0.15) is 0 Å². The van der Waals surface area contributed by atoms with Crippen molar-refractivity contribution in [1.82, 2.24) is 44.9 Å². The SMILES string of the molecule is C[Si]1(C)c2cc(-c3ccccc3)ccc2-c2c(-c3nc(-c4ccccc4)nc(-c4cccc(-c5ccccc5)c4)n3)cccc21.C[Si]1(C)c2ccc(-c3nc(-c4ccccc4)nc(-c4cccc(-c5ccccc5)c4)n3)cc2-c2ccc(-c3ccccc3)cc21.c1ccc(-c2cccc(-c3nc(-c4ccccc4)nc(-c4cccc5c4[Si](c4ccccc4)(c4ccccc4)c4ccccc4-5)n3)c2)cc1. The van der Waals surface area contributed by atoms with Crippen LogP contribution in [0.4, 0.5) is 0 Å². The van der Waals surface area contributed by atoms with Gasteiger partial charge in [0.2, 0.25) is 0 Å². The summed E-state index contributed by atoms with van der Waals surface area (Å²) >= 11 is 0. The van der Waals surface area contributed by atoms with Crippen LogP contribution in [-0.4, -0.2) is 69.1 Å². The number of hydrogen-bond donors (Lipinski definition) is 0. The van der Waals surface area contributed by atoms with E-state index < -0.39 is 24.2 Å². The Morgan fingerprint density at radius 1 is 0.137 bits per heavy atom. The van der Waals surface area contributed by atoms with Crippen LogP contribution in [0.15, 0.2) is 491 Å². The molecule has 19 aromatic carbocycles. The van der Waals surface area contributed by atoms with Crippen molar-refractivity contribution in [1.29, 1.82) is 0 Å². The minimum Gasteiger partial charge on any atom is -0.208 e. The summed E-state index contributed by atoms with van der Waals surface area (Å²) in [6, 6.07) is 174. The molecule has 0 aliphatic carbocycles. The van der Waals surface area contributed by atoms with Crippen LogP contribution >= 0.6 is 0 Å². The molecule has 3 aromatic heterocycles. The maximum absolute atomic E-state index is 5.33. The van der Waals surface area contributed by atoms with E-state index in [9.17, 15) is 0 Å².